The Labute approximate surface area is 92.8 Å². The fraction of sp³-hybridized carbons (Fsp3) is 0.400. The number of aryl methyl sites for hydroxylation is 1. The van der Waals surface area contributed by atoms with Crippen molar-refractivity contribution in [3.05, 3.63) is 17.3 Å². The lowest BCUT2D eigenvalue weighted by molar-refractivity contribution is 0.768. The lowest BCUT2D eigenvalue weighted by atomic mass is 10.1. The molecule has 2 N–H and O–H groups in total. The Morgan fingerprint density at radius 3 is 2.73 bits per heavy atom. The quantitative estimate of drug-likeness (QED) is 0.847. The highest BCUT2D eigenvalue weighted by molar-refractivity contribution is 7.15. The van der Waals surface area contributed by atoms with Crippen molar-refractivity contribution in [2.45, 2.75) is 19.8 Å². The molecule has 0 saturated heterocycles. The van der Waals surface area contributed by atoms with E-state index in [-0.39, 0.29) is 0 Å². The number of anilines is 1. The van der Waals surface area contributed by atoms with Gasteiger partial charge in [-0.2, -0.15) is 5.10 Å². The van der Waals surface area contributed by atoms with Gasteiger partial charge in [0, 0.05) is 23.7 Å². The molecule has 0 aliphatic rings. The Morgan fingerprint density at radius 2 is 2.20 bits per heavy atom. The third-order valence-corrected chi connectivity index (χ3v) is 3.36. The maximum atomic E-state index is 5.74. The largest absolute Gasteiger partial charge is 0.375 e. The first-order chi connectivity index (χ1) is 7.08. The third kappa shape index (κ3) is 1.87. The third-order valence-electron chi connectivity index (χ3n) is 2.17. The van der Waals surface area contributed by atoms with Gasteiger partial charge in [-0.1, -0.05) is 13.8 Å². The molecule has 0 fully saturated rings. The summed E-state index contributed by atoms with van der Waals surface area (Å²) in [5.74, 6) is 0.440. The van der Waals surface area contributed by atoms with E-state index in [1.807, 2.05) is 19.4 Å². The van der Waals surface area contributed by atoms with Crippen LogP contribution in [0.4, 0.5) is 5.13 Å². The van der Waals surface area contributed by atoms with Crippen molar-refractivity contribution in [1.82, 2.24) is 14.8 Å². The van der Waals surface area contributed by atoms with Gasteiger partial charge in [0.1, 0.15) is 0 Å². The van der Waals surface area contributed by atoms with Gasteiger partial charge in [0.2, 0.25) is 0 Å². The zero-order valence-corrected chi connectivity index (χ0v) is 9.88. The highest BCUT2D eigenvalue weighted by Crippen LogP contribution is 2.34. The van der Waals surface area contributed by atoms with Gasteiger partial charge in [-0.05, 0) is 5.92 Å². The predicted octanol–water partition coefficient (Wildman–Crippen LogP) is 2.25. The van der Waals surface area contributed by atoms with Crippen molar-refractivity contribution in [1.29, 1.82) is 0 Å². The van der Waals surface area contributed by atoms with Crippen LogP contribution in [0.2, 0.25) is 0 Å². The van der Waals surface area contributed by atoms with Crippen LogP contribution in [-0.2, 0) is 7.05 Å². The number of nitrogen functional groups attached to an aromatic ring is 1. The van der Waals surface area contributed by atoms with Gasteiger partial charge >= 0.3 is 0 Å². The van der Waals surface area contributed by atoms with E-state index in [1.54, 1.807) is 16.0 Å². The molecular weight excluding hydrogens is 208 g/mol. The minimum atomic E-state index is 0.440. The van der Waals surface area contributed by atoms with Crippen molar-refractivity contribution in [2.24, 2.45) is 7.05 Å². The molecule has 2 rings (SSSR count). The van der Waals surface area contributed by atoms with Crippen molar-refractivity contribution in [3.8, 4) is 11.3 Å². The van der Waals surface area contributed by atoms with E-state index in [4.69, 9.17) is 5.73 Å². The van der Waals surface area contributed by atoms with Gasteiger partial charge in [-0.3, -0.25) is 4.68 Å². The number of nitrogens with two attached hydrogens (primary N) is 1. The Morgan fingerprint density at radius 1 is 1.47 bits per heavy atom. The average Bonchev–Trinajstić information content (AvgIpc) is 2.71. The van der Waals surface area contributed by atoms with E-state index in [0.29, 0.717) is 11.0 Å². The van der Waals surface area contributed by atoms with Crippen molar-refractivity contribution in [3.63, 3.8) is 0 Å². The first-order valence-corrected chi connectivity index (χ1v) is 5.64. The van der Waals surface area contributed by atoms with E-state index >= 15 is 0 Å². The second-order valence-corrected chi connectivity index (χ2v) is 4.88. The highest BCUT2D eigenvalue weighted by Gasteiger charge is 2.15. The molecule has 2 aromatic rings. The molecule has 0 atom stereocenters. The van der Waals surface area contributed by atoms with E-state index in [9.17, 15) is 0 Å². The van der Waals surface area contributed by atoms with Crippen LogP contribution >= 0.6 is 11.3 Å². The number of aromatic nitrogens is 3. The molecular formula is C10H14N4S. The van der Waals surface area contributed by atoms with Crippen molar-refractivity contribution in [2.75, 3.05) is 5.73 Å². The van der Waals surface area contributed by atoms with Gasteiger partial charge in [-0.25, -0.2) is 4.98 Å². The summed E-state index contributed by atoms with van der Waals surface area (Å²) in [4.78, 5) is 5.58. The summed E-state index contributed by atoms with van der Waals surface area (Å²) in [6.45, 7) is 4.29. The van der Waals surface area contributed by atoms with Gasteiger partial charge in [0.05, 0.1) is 11.9 Å². The minimum Gasteiger partial charge on any atom is -0.375 e. The number of thiazole rings is 1. The normalized spacial score (nSPS) is 11.2. The average molecular weight is 222 g/mol. The fourth-order valence-electron chi connectivity index (χ4n) is 1.49. The van der Waals surface area contributed by atoms with Crippen LogP contribution in [-0.4, -0.2) is 14.8 Å². The molecule has 0 aliphatic heterocycles. The number of hydrogen-bond donors (Lipinski definition) is 1. The Kier molecular flexibility index (Phi) is 2.48. The molecule has 2 aromatic heterocycles. The molecule has 2 heterocycles. The Bertz CT molecular complexity index is 469. The second-order valence-electron chi connectivity index (χ2n) is 3.82. The van der Waals surface area contributed by atoms with Crippen LogP contribution in [0, 0.1) is 0 Å². The molecule has 0 saturated carbocycles. The standard InChI is InChI=1S/C10H14N4S/c1-6(2)9-8(13-10(11)15-9)7-4-12-14(3)5-7/h4-6H,1-3H3,(H2,11,13). The maximum Gasteiger partial charge on any atom is 0.180 e. The molecule has 4 nitrogen and oxygen atoms in total. The van der Waals surface area contributed by atoms with Crippen LogP contribution in [0.15, 0.2) is 12.4 Å². The topological polar surface area (TPSA) is 56.7 Å². The molecule has 0 aliphatic carbocycles. The summed E-state index contributed by atoms with van der Waals surface area (Å²) in [5, 5.41) is 4.77. The van der Waals surface area contributed by atoms with Crippen LogP contribution in [0.25, 0.3) is 11.3 Å². The van der Waals surface area contributed by atoms with E-state index in [2.05, 4.69) is 23.9 Å². The number of rotatable bonds is 2. The number of hydrogen-bond acceptors (Lipinski definition) is 4. The molecule has 0 unspecified atom stereocenters. The summed E-state index contributed by atoms with van der Waals surface area (Å²) in [6, 6.07) is 0. The Balaban J connectivity index is 2.52. The lowest BCUT2D eigenvalue weighted by Gasteiger charge is -2.02. The summed E-state index contributed by atoms with van der Waals surface area (Å²) in [5.41, 5.74) is 7.75. The lowest BCUT2D eigenvalue weighted by Crippen LogP contribution is -1.87. The van der Waals surface area contributed by atoms with Crippen LogP contribution in [0.3, 0.4) is 0 Å². The van der Waals surface area contributed by atoms with E-state index < -0.39 is 0 Å². The first kappa shape index (κ1) is 10.2. The molecule has 0 radical (unpaired) electrons. The van der Waals surface area contributed by atoms with E-state index in [1.165, 1.54) is 4.88 Å². The van der Waals surface area contributed by atoms with Gasteiger partial charge in [-0.15, -0.1) is 11.3 Å². The summed E-state index contributed by atoms with van der Waals surface area (Å²) < 4.78 is 1.77. The Hall–Kier alpha value is -1.36. The SMILES string of the molecule is CC(C)c1sc(N)nc1-c1cnn(C)c1. The zero-order chi connectivity index (χ0) is 11.0. The second kappa shape index (κ2) is 3.66. The van der Waals surface area contributed by atoms with Gasteiger partial charge in [0.25, 0.3) is 0 Å². The van der Waals surface area contributed by atoms with Crippen LogP contribution < -0.4 is 5.73 Å². The predicted molar refractivity (Wildman–Crippen MR) is 62.8 cm³/mol. The molecule has 0 aromatic carbocycles. The van der Waals surface area contributed by atoms with Gasteiger partial charge < -0.3 is 5.73 Å². The van der Waals surface area contributed by atoms with Gasteiger partial charge in [0.15, 0.2) is 5.13 Å². The minimum absolute atomic E-state index is 0.440. The summed E-state index contributed by atoms with van der Waals surface area (Å²) in [6.07, 6.45) is 3.78. The summed E-state index contributed by atoms with van der Waals surface area (Å²) >= 11 is 1.56. The fourth-order valence-corrected chi connectivity index (χ4v) is 2.35. The maximum absolute atomic E-state index is 5.74. The van der Waals surface area contributed by atoms with E-state index in [0.717, 1.165) is 11.3 Å². The highest BCUT2D eigenvalue weighted by atomic mass is 32.1. The zero-order valence-electron chi connectivity index (χ0n) is 9.06. The smallest absolute Gasteiger partial charge is 0.180 e. The molecule has 5 heteroatoms. The van der Waals surface area contributed by atoms with Crippen molar-refractivity contribution < 1.29 is 0 Å². The molecule has 80 valence electrons. The van der Waals surface area contributed by atoms with Crippen LogP contribution in [0.5, 0.6) is 0 Å². The first-order valence-electron chi connectivity index (χ1n) is 4.83. The summed E-state index contributed by atoms with van der Waals surface area (Å²) in [7, 11) is 1.90. The monoisotopic (exact) mass is 222 g/mol. The molecule has 0 amide bonds. The van der Waals surface area contributed by atoms with Crippen molar-refractivity contribution >= 4 is 16.5 Å². The van der Waals surface area contributed by atoms with Crippen LogP contribution in [0.1, 0.15) is 24.6 Å². The number of nitrogens with zero attached hydrogens (tertiary/aromatic N) is 3. The molecule has 0 spiro atoms. The molecule has 0 bridgehead atoms. The molecule has 15 heavy (non-hydrogen) atoms.